The lowest BCUT2D eigenvalue weighted by Crippen LogP contribution is -2.51. The maximum absolute atomic E-state index is 14.4. The number of hydrogen-bond acceptors (Lipinski definition) is 2. The number of amides is 2. The maximum Gasteiger partial charge on any atom is 0.243 e. The topological polar surface area (TPSA) is 49.4 Å². The lowest BCUT2D eigenvalue weighted by atomic mass is 9.87. The van der Waals surface area contributed by atoms with E-state index in [0.717, 1.165) is 22.3 Å². The largest absolute Gasteiger partial charge is 0.354 e. The molecule has 4 aromatic rings. The van der Waals surface area contributed by atoms with Crippen molar-refractivity contribution in [3.8, 4) is 0 Å². The molecule has 4 nitrogen and oxygen atoms in total. The normalized spacial score (nSPS) is 11.8. The summed E-state index contributed by atoms with van der Waals surface area (Å²) in [4.78, 5) is 29.9. The third kappa shape index (κ3) is 8.06. The fraction of sp³-hybridized carbons (Fsp3) is 0.257. The minimum absolute atomic E-state index is 0.0988. The molecule has 1 atom stereocenters. The Labute approximate surface area is 243 Å². The van der Waals surface area contributed by atoms with Gasteiger partial charge in [-0.3, -0.25) is 9.59 Å². The van der Waals surface area contributed by atoms with Crippen LogP contribution >= 0.6 is 11.6 Å². The summed E-state index contributed by atoms with van der Waals surface area (Å²) in [5, 5.41) is 3.66. The highest BCUT2D eigenvalue weighted by molar-refractivity contribution is 6.31. The monoisotopic (exact) mass is 552 g/mol. The molecule has 2 amide bonds. The summed E-state index contributed by atoms with van der Waals surface area (Å²) in [5.74, 6) is -0.124. The number of carbonyl (C=O) groups is 2. The first-order valence-corrected chi connectivity index (χ1v) is 14.2. The van der Waals surface area contributed by atoms with Gasteiger partial charge in [-0.1, -0.05) is 135 Å². The summed E-state index contributed by atoms with van der Waals surface area (Å²) >= 11 is 6.58. The van der Waals surface area contributed by atoms with Crippen LogP contribution in [0.4, 0.5) is 0 Å². The first-order chi connectivity index (χ1) is 19.4. The van der Waals surface area contributed by atoms with Crippen molar-refractivity contribution in [2.24, 2.45) is 5.92 Å². The van der Waals surface area contributed by atoms with E-state index in [9.17, 15) is 9.59 Å². The molecule has 5 heteroatoms. The van der Waals surface area contributed by atoms with Crippen LogP contribution in [0.5, 0.6) is 0 Å². The highest BCUT2D eigenvalue weighted by Gasteiger charge is 2.32. The van der Waals surface area contributed by atoms with E-state index in [0.29, 0.717) is 18.0 Å². The van der Waals surface area contributed by atoms with Crippen molar-refractivity contribution in [1.82, 2.24) is 10.2 Å². The van der Waals surface area contributed by atoms with Gasteiger partial charge in [-0.2, -0.15) is 0 Å². The van der Waals surface area contributed by atoms with Crippen molar-refractivity contribution in [1.29, 1.82) is 0 Å². The van der Waals surface area contributed by atoms with E-state index in [1.165, 1.54) is 0 Å². The zero-order chi connectivity index (χ0) is 28.3. The molecule has 0 radical (unpaired) electrons. The fourth-order valence-electron chi connectivity index (χ4n) is 4.88. The second-order valence-corrected chi connectivity index (χ2v) is 10.9. The molecule has 0 spiro atoms. The Morgan fingerprint density at radius 1 is 0.750 bits per heavy atom. The molecular weight excluding hydrogens is 516 g/mol. The first-order valence-electron chi connectivity index (χ1n) is 13.9. The highest BCUT2D eigenvalue weighted by atomic mass is 35.5. The molecule has 0 fully saturated rings. The highest BCUT2D eigenvalue weighted by Crippen LogP contribution is 2.30. The molecule has 0 aliphatic heterocycles. The van der Waals surface area contributed by atoms with E-state index in [-0.39, 0.29) is 36.6 Å². The Balaban J connectivity index is 1.73. The Morgan fingerprint density at radius 3 is 1.82 bits per heavy atom. The van der Waals surface area contributed by atoms with Crippen molar-refractivity contribution in [3.63, 3.8) is 0 Å². The molecule has 0 saturated carbocycles. The van der Waals surface area contributed by atoms with Crippen LogP contribution in [-0.4, -0.2) is 29.3 Å². The van der Waals surface area contributed by atoms with Crippen LogP contribution in [0, 0.1) is 5.92 Å². The lowest BCUT2D eigenvalue weighted by Gasteiger charge is -2.33. The number of hydrogen-bond donors (Lipinski definition) is 1. The van der Waals surface area contributed by atoms with Crippen LogP contribution in [0.2, 0.25) is 5.02 Å². The first kappa shape index (κ1) is 29.1. The Kier molecular flexibility index (Phi) is 10.5. The van der Waals surface area contributed by atoms with Crippen molar-refractivity contribution < 1.29 is 9.59 Å². The molecule has 0 aromatic heterocycles. The van der Waals surface area contributed by atoms with Crippen molar-refractivity contribution in [2.75, 3.05) is 6.54 Å². The van der Waals surface area contributed by atoms with Crippen LogP contribution in [0.3, 0.4) is 0 Å². The van der Waals surface area contributed by atoms with Gasteiger partial charge in [0.05, 0.1) is 0 Å². The van der Waals surface area contributed by atoms with Gasteiger partial charge in [0, 0.05) is 36.9 Å². The minimum atomic E-state index is -0.697. The molecule has 0 aliphatic rings. The number of benzene rings is 4. The van der Waals surface area contributed by atoms with E-state index in [1.54, 1.807) is 4.90 Å². The van der Waals surface area contributed by atoms with Crippen LogP contribution in [0.1, 0.15) is 48.4 Å². The number of rotatable bonds is 12. The standard InChI is InChI=1S/C35H37ClN2O2/c1-26(2)24-37-35(40)33(22-27-14-6-3-7-15-27)38(25-30-20-12-13-21-32(30)36)34(39)23-31(28-16-8-4-9-17-28)29-18-10-5-11-19-29/h3-21,26,31,33H,22-25H2,1-2H3,(H,37,40)/t33-/m1/s1. The van der Waals surface area contributed by atoms with Crippen LogP contribution < -0.4 is 5.32 Å². The molecule has 0 aliphatic carbocycles. The third-order valence-corrected chi connectivity index (χ3v) is 7.41. The van der Waals surface area contributed by atoms with Crippen molar-refractivity contribution >= 4 is 23.4 Å². The summed E-state index contributed by atoms with van der Waals surface area (Å²) in [6.45, 7) is 4.89. The number of nitrogens with zero attached hydrogens (tertiary/aromatic N) is 1. The molecule has 1 N–H and O–H groups in total. The van der Waals surface area contributed by atoms with Gasteiger partial charge in [-0.15, -0.1) is 0 Å². The van der Waals surface area contributed by atoms with Crippen molar-refractivity contribution in [3.05, 3.63) is 143 Å². The number of nitrogens with one attached hydrogen (secondary N) is 1. The molecule has 4 aromatic carbocycles. The Morgan fingerprint density at radius 2 is 1.27 bits per heavy atom. The summed E-state index contributed by atoms with van der Waals surface area (Å²) in [6.07, 6.45) is 0.629. The van der Waals surface area contributed by atoms with E-state index < -0.39 is 6.04 Å². The van der Waals surface area contributed by atoms with E-state index in [2.05, 4.69) is 43.4 Å². The molecule has 206 valence electrons. The summed E-state index contributed by atoms with van der Waals surface area (Å²) in [7, 11) is 0. The predicted molar refractivity (Wildman–Crippen MR) is 163 cm³/mol. The van der Waals surface area contributed by atoms with Gasteiger partial charge in [-0.25, -0.2) is 0 Å². The zero-order valence-electron chi connectivity index (χ0n) is 23.2. The number of carbonyl (C=O) groups excluding carboxylic acids is 2. The number of halogens is 1. The van der Waals surface area contributed by atoms with Crippen LogP contribution in [0.15, 0.2) is 115 Å². The molecule has 0 bridgehead atoms. The third-order valence-electron chi connectivity index (χ3n) is 7.04. The quantitative estimate of drug-likeness (QED) is 0.201. The minimum Gasteiger partial charge on any atom is -0.354 e. The molecule has 40 heavy (non-hydrogen) atoms. The average molecular weight is 553 g/mol. The average Bonchev–Trinajstić information content (AvgIpc) is 2.98. The molecule has 0 saturated heterocycles. The fourth-order valence-corrected chi connectivity index (χ4v) is 5.07. The van der Waals surface area contributed by atoms with Crippen molar-refractivity contribution in [2.45, 2.75) is 45.2 Å². The Bertz CT molecular complexity index is 1320. The second kappa shape index (κ2) is 14.5. The summed E-state index contributed by atoms with van der Waals surface area (Å²) < 4.78 is 0. The van der Waals surface area contributed by atoms with Gasteiger partial charge in [0.15, 0.2) is 0 Å². The maximum atomic E-state index is 14.4. The zero-order valence-corrected chi connectivity index (χ0v) is 23.9. The lowest BCUT2D eigenvalue weighted by molar-refractivity contribution is -0.141. The SMILES string of the molecule is CC(C)CNC(=O)[C@@H](Cc1ccccc1)N(Cc1ccccc1Cl)C(=O)CC(c1ccccc1)c1ccccc1. The molecule has 4 rings (SSSR count). The van der Waals surface area contributed by atoms with Gasteiger partial charge in [-0.05, 0) is 34.2 Å². The summed E-state index contributed by atoms with van der Waals surface area (Å²) in [5.41, 5.74) is 3.92. The summed E-state index contributed by atoms with van der Waals surface area (Å²) in [6, 6.07) is 36.8. The smallest absolute Gasteiger partial charge is 0.243 e. The van der Waals surface area contributed by atoms with Gasteiger partial charge in [0.2, 0.25) is 11.8 Å². The Hall–Kier alpha value is -3.89. The molecule has 0 heterocycles. The predicted octanol–water partition coefficient (Wildman–Crippen LogP) is 7.27. The molecular formula is C35H37ClN2O2. The van der Waals surface area contributed by atoms with Crippen LogP contribution in [0.25, 0.3) is 0 Å². The van der Waals surface area contributed by atoms with Gasteiger partial charge < -0.3 is 10.2 Å². The molecule has 0 unspecified atom stereocenters. The second-order valence-electron chi connectivity index (χ2n) is 10.5. The van der Waals surface area contributed by atoms with Gasteiger partial charge in [0.1, 0.15) is 6.04 Å². The van der Waals surface area contributed by atoms with E-state index >= 15 is 0 Å². The van der Waals surface area contributed by atoms with E-state index in [4.69, 9.17) is 11.6 Å². The van der Waals surface area contributed by atoms with Gasteiger partial charge >= 0.3 is 0 Å². The van der Waals surface area contributed by atoms with E-state index in [1.807, 2.05) is 91.0 Å². The van der Waals surface area contributed by atoms with Crippen LogP contribution in [-0.2, 0) is 22.6 Å². The van der Waals surface area contributed by atoms with Gasteiger partial charge in [0.25, 0.3) is 0 Å².